The van der Waals surface area contributed by atoms with Gasteiger partial charge in [-0.15, -0.1) is 6.58 Å². The summed E-state index contributed by atoms with van der Waals surface area (Å²) in [5, 5.41) is 0. The van der Waals surface area contributed by atoms with E-state index in [1.807, 2.05) is 0 Å². The Morgan fingerprint density at radius 2 is 1.09 bits per heavy atom. The van der Waals surface area contributed by atoms with Gasteiger partial charge in [-0.2, -0.15) is 0 Å². The predicted molar refractivity (Wildman–Crippen MR) is 90.7 cm³/mol. The first-order valence-electron chi connectivity index (χ1n) is 8.16. The Kier molecular flexibility index (Phi) is 4.41. The second-order valence-corrected chi connectivity index (χ2v) is 8.47. The molecule has 0 aliphatic carbocycles. The normalized spacial score (nSPS) is 28.2. The molecule has 2 aliphatic rings. The quantitative estimate of drug-likeness (QED) is 0.743. The predicted octanol–water partition coefficient (Wildman–Crippen LogP) is 3.66. The first-order chi connectivity index (χ1) is 9.77. The SMILES string of the molecule is C=C(CCB1OC(C)(C)C(C)(C)O1)B1OC(C)(C)C(C)(C)O1. The molecule has 2 heterocycles. The lowest BCUT2D eigenvalue weighted by atomic mass is 9.71. The maximum absolute atomic E-state index is 6.02. The van der Waals surface area contributed by atoms with E-state index in [0.29, 0.717) is 0 Å². The van der Waals surface area contributed by atoms with Crippen LogP contribution in [0.5, 0.6) is 0 Å². The maximum atomic E-state index is 6.02. The lowest BCUT2D eigenvalue weighted by Crippen LogP contribution is -2.41. The van der Waals surface area contributed by atoms with Crippen molar-refractivity contribution in [3.05, 3.63) is 12.1 Å². The van der Waals surface area contributed by atoms with Gasteiger partial charge in [0.25, 0.3) is 0 Å². The van der Waals surface area contributed by atoms with Gasteiger partial charge < -0.3 is 18.6 Å². The lowest BCUT2D eigenvalue weighted by Gasteiger charge is -2.32. The molecular formula is C16H30B2O4. The van der Waals surface area contributed by atoms with E-state index < -0.39 is 0 Å². The first kappa shape index (κ1) is 18.1. The molecule has 4 nitrogen and oxygen atoms in total. The minimum absolute atomic E-state index is 0.204. The third-order valence-corrected chi connectivity index (χ3v) is 5.59. The number of hydrogen-bond donors (Lipinski definition) is 0. The molecule has 0 aromatic heterocycles. The summed E-state index contributed by atoms with van der Waals surface area (Å²) in [6.45, 7) is 20.6. The van der Waals surface area contributed by atoms with Crippen molar-refractivity contribution in [3.63, 3.8) is 0 Å². The number of hydrogen-bond acceptors (Lipinski definition) is 4. The van der Waals surface area contributed by atoms with E-state index >= 15 is 0 Å². The van der Waals surface area contributed by atoms with Crippen LogP contribution in [0.4, 0.5) is 0 Å². The van der Waals surface area contributed by atoms with Gasteiger partial charge in [-0.05, 0) is 73.6 Å². The van der Waals surface area contributed by atoms with E-state index in [1.54, 1.807) is 0 Å². The number of allylic oxidation sites excluding steroid dienone is 1. The van der Waals surface area contributed by atoms with Crippen molar-refractivity contribution >= 4 is 14.2 Å². The van der Waals surface area contributed by atoms with Crippen molar-refractivity contribution in [2.45, 2.75) is 90.5 Å². The molecule has 0 bridgehead atoms. The third kappa shape index (κ3) is 3.16. The summed E-state index contributed by atoms with van der Waals surface area (Å²) in [5.41, 5.74) is -0.295. The number of rotatable bonds is 4. The minimum atomic E-state index is -0.354. The topological polar surface area (TPSA) is 36.9 Å². The molecule has 0 N–H and O–H groups in total. The first-order valence-corrected chi connectivity index (χ1v) is 8.16. The molecule has 0 spiro atoms. The Labute approximate surface area is 136 Å². The van der Waals surface area contributed by atoms with Gasteiger partial charge in [-0.1, -0.05) is 0 Å². The largest absolute Gasteiger partial charge is 0.489 e. The van der Waals surface area contributed by atoms with E-state index in [-0.39, 0.29) is 36.6 Å². The zero-order chi connectivity index (χ0) is 17.0. The van der Waals surface area contributed by atoms with Crippen LogP contribution in [0.2, 0.25) is 6.32 Å². The zero-order valence-corrected chi connectivity index (χ0v) is 15.4. The van der Waals surface area contributed by atoms with Crippen molar-refractivity contribution in [1.29, 1.82) is 0 Å². The van der Waals surface area contributed by atoms with Crippen LogP contribution in [-0.4, -0.2) is 36.6 Å². The van der Waals surface area contributed by atoms with E-state index in [1.165, 1.54) is 0 Å². The summed E-state index contributed by atoms with van der Waals surface area (Å²) < 4.78 is 24.1. The molecular weight excluding hydrogens is 278 g/mol. The summed E-state index contributed by atoms with van der Waals surface area (Å²) >= 11 is 0. The van der Waals surface area contributed by atoms with Crippen LogP contribution < -0.4 is 0 Å². The van der Waals surface area contributed by atoms with Gasteiger partial charge in [0.05, 0.1) is 22.4 Å². The minimum Gasteiger partial charge on any atom is -0.403 e. The fourth-order valence-electron chi connectivity index (χ4n) is 2.51. The molecule has 6 heteroatoms. The third-order valence-electron chi connectivity index (χ3n) is 5.59. The molecule has 0 amide bonds. The van der Waals surface area contributed by atoms with Crippen LogP contribution in [-0.2, 0) is 18.6 Å². The van der Waals surface area contributed by atoms with Crippen LogP contribution >= 0.6 is 0 Å². The Balaban J connectivity index is 1.88. The molecule has 124 valence electrons. The molecule has 0 radical (unpaired) electrons. The maximum Gasteiger partial charge on any atom is 0.489 e. The molecule has 2 rings (SSSR count). The van der Waals surface area contributed by atoms with Crippen LogP contribution in [0.15, 0.2) is 12.1 Å². The highest BCUT2D eigenvalue weighted by Crippen LogP contribution is 2.41. The van der Waals surface area contributed by atoms with Gasteiger partial charge in [0, 0.05) is 0 Å². The zero-order valence-electron chi connectivity index (χ0n) is 15.4. The Bertz CT molecular complexity index is 425. The van der Waals surface area contributed by atoms with Gasteiger partial charge >= 0.3 is 14.2 Å². The molecule has 2 fully saturated rings. The fourth-order valence-corrected chi connectivity index (χ4v) is 2.51. The summed E-state index contributed by atoms with van der Waals surface area (Å²) in [4.78, 5) is 0. The van der Waals surface area contributed by atoms with Gasteiger partial charge in [-0.25, -0.2) is 0 Å². The van der Waals surface area contributed by atoms with E-state index in [9.17, 15) is 0 Å². The monoisotopic (exact) mass is 308 g/mol. The molecule has 0 saturated carbocycles. The van der Waals surface area contributed by atoms with E-state index in [0.717, 1.165) is 18.2 Å². The van der Waals surface area contributed by atoms with Gasteiger partial charge in [0.15, 0.2) is 0 Å². The van der Waals surface area contributed by atoms with Gasteiger partial charge in [0.1, 0.15) is 0 Å². The Morgan fingerprint density at radius 3 is 1.50 bits per heavy atom. The van der Waals surface area contributed by atoms with Crippen molar-refractivity contribution in [1.82, 2.24) is 0 Å². The average molecular weight is 308 g/mol. The molecule has 0 aromatic carbocycles. The molecule has 0 aromatic rings. The van der Waals surface area contributed by atoms with Crippen LogP contribution in [0.3, 0.4) is 0 Å². The van der Waals surface area contributed by atoms with Gasteiger partial charge in [-0.3, -0.25) is 0 Å². The van der Waals surface area contributed by atoms with Crippen molar-refractivity contribution in [3.8, 4) is 0 Å². The van der Waals surface area contributed by atoms with Crippen molar-refractivity contribution in [2.24, 2.45) is 0 Å². The molecule has 22 heavy (non-hydrogen) atoms. The Morgan fingerprint density at radius 1 is 0.727 bits per heavy atom. The van der Waals surface area contributed by atoms with Gasteiger partial charge in [0.2, 0.25) is 0 Å². The highest BCUT2D eigenvalue weighted by Gasteiger charge is 2.53. The lowest BCUT2D eigenvalue weighted by molar-refractivity contribution is 0.00578. The second-order valence-electron chi connectivity index (χ2n) is 8.47. The van der Waals surface area contributed by atoms with Crippen LogP contribution in [0.25, 0.3) is 0 Å². The van der Waals surface area contributed by atoms with Crippen molar-refractivity contribution in [2.75, 3.05) is 0 Å². The summed E-state index contributed by atoms with van der Waals surface area (Å²) in [6.07, 6.45) is 1.52. The van der Waals surface area contributed by atoms with E-state index in [4.69, 9.17) is 18.6 Å². The van der Waals surface area contributed by atoms with E-state index in [2.05, 4.69) is 62.0 Å². The fraction of sp³-hybridized carbons (Fsp3) is 0.875. The smallest absolute Gasteiger partial charge is 0.403 e. The van der Waals surface area contributed by atoms with Crippen LogP contribution in [0.1, 0.15) is 61.8 Å². The molecule has 0 unspecified atom stereocenters. The molecule has 2 saturated heterocycles. The molecule has 2 aliphatic heterocycles. The highest BCUT2D eigenvalue weighted by molar-refractivity contribution is 6.55. The molecule has 0 atom stereocenters. The second kappa shape index (κ2) is 5.37. The highest BCUT2D eigenvalue weighted by atomic mass is 16.7. The summed E-state index contributed by atoms with van der Waals surface area (Å²) in [7, 11) is -0.559. The van der Waals surface area contributed by atoms with Crippen LogP contribution in [0, 0.1) is 0 Å². The summed E-state index contributed by atoms with van der Waals surface area (Å²) in [5.74, 6) is 0. The van der Waals surface area contributed by atoms with Crippen molar-refractivity contribution < 1.29 is 18.6 Å². The average Bonchev–Trinajstić information content (AvgIpc) is 2.66. The standard InChI is InChI=1S/C16H30B2O4/c1-12(18-21-15(6,7)16(8,9)22-18)10-11-17-19-13(2,3)14(4,5)20-17/h1,10-11H2,2-9H3. The summed E-state index contributed by atoms with van der Waals surface area (Å²) in [6, 6.07) is 0. The Hall–Kier alpha value is -0.290.